The molecule has 1 aromatic rings. The lowest BCUT2D eigenvalue weighted by atomic mass is 10.2. The van der Waals surface area contributed by atoms with Crippen LogP contribution >= 0.6 is 11.8 Å². The van der Waals surface area contributed by atoms with Gasteiger partial charge >= 0.3 is 0 Å². The molecule has 8 nitrogen and oxygen atoms in total. The van der Waals surface area contributed by atoms with E-state index in [4.69, 9.17) is 5.73 Å². The van der Waals surface area contributed by atoms with Crippen molar-refractivity contribution in [1.29, 1.82) is 0 Å². The summed E-state index contributed by atoms with van der Waals surface area (Å²) >= 11 is 1.25. The summed E-state index contributed by atoms with van der Waals surface area (Å²) in [6.07, 6.45) is 0. The van der Waals surface area contributed by atoms with Crippen LogP contribution in [0.4, 0.5) is 5.69 Å². The fourth-order valence-corrected chi connectivity index (χ4v) is 2.80. The second-order valence-corrected chi connectivity index (χ2v) is 5.15. The molecule has 9 heteroatoms. The highest BCUT2D eigenvalue weighted by Crippen LogP contribution is 2.27. The van der Waals surface area contributed by atoms with Crippen LogP contribution in [0.5, 0.6) is 0 Å². The first-order valence-electron chi connectivity index (χ1n) is 5.71. The Labute approximate surface area is 118 Å². The summed E-state index contributed by atoms with van der Waals surface area (Å²) in [6.45, 7) is 0.0646. The van der Waals surface area contributed by atoms with Crippen LogP contribution in [0.3, 0.4) is 0 Å². The number of carbonyl (C=O) groups is 2. The number of hydrogen-bond donors (Lipinski definition) is 3. The van der Waals surface area contributed by atoms with Gasteiger partial charge in [-0.2, -0.15) is 0 Å². The molecule has 2 rings (SSSR count). The number of nitrogens with zero attached hydrogens (tertiary/aromatic N) is 1. The first-order valence-corrected chi connectivity index (χ1v) is 6.69. The number of nitrogens with one attached hydrogen (secondary N) is 2. The number of hydrogen-bond acceptors (Lipinski definition) is 6. The minimum absolute atomic E-state index is 0.0646. The number of fused-ring (bicyclic) bond motifs is 1. The third kappa shape index (κ3) is 3.06. The lowest BCUT2D eigenvalue weighted by Gasteiger charge is -2.13. The van der Waals surface area contributed by atoms with Gasteiger partial charge in [0.2, 0.25) is 5.91 Å². The van der Waals surface area contributed by atoms with Crippen molar-refractivity contribution in [2.75, 3.05) is 12.4 Å². The Balaban J connectivity index is 2.34. The molecule has 0 aromatic heterocycles. The molecule has 1 aliphatic heterocycles. The van der Waals surface area contributed by atoms with E-state index >= 15 is 0 Å². The molecule has 2 amide bonds. The van der Waals surface area contributed by atoms with Crippen molar-refractivity contribution >= 4 is 29.3 Å². The van der Waals surface area contributed by atoms with Gasteiger partial charge in [-0.25, -0.2) is 0 Å². The van der Waals surface area contributed by atoms with Crippen molar-refractivity contribution in [2.24, 2.45) is 5.73 Å². The average molecular weight is 296 g/mol. The minimum Gasteiger partial charge on any atom is -0.368 e. The highest BCUT2D eigenvalue weighted by Gasteiger charge is 2.22. The number of nitro groups is 1. The van der Waals surface area contributed by atoms with Crippen LogP contribution in [0, 0.1) is 10.1 Å². The highest BCUT2D eigenvalue weighted by atomic mass is 32.2. The van der Waals surface area contributed by atoms with Crippen molar-refractivity contribution in [3.8, 4) is 0 Å². The number of amides is 2. The second kappa shape index (κ2) is 5.88. The number of nitro benzene ring substituents is 1. The zero-order valence-corrected chi connectivity index (χ0v) is 11.1. The van der Waals surface area contributed by atoms with E-state index in [2.05, 4.69) is 10.6 Å². The summed E-state index contributed by atoms with van der Waals surface area (Å²) < 4.78 is 0. The summed E-state index contributed by atoms with van der Waals surface area (Å²) in [6, 6.07) is 3.47. The molecule has 1 atom stereocenters. The first kappa shape index (κ1) is 14.3. The van der Waals surface area contributed by atoms with Crippen LogP contribution in [-0.2, 0) is 4.79 Å². The molecular formula is C11H12N4O4S. The van der Waals surface area contributed by atoms with Gasteiger partial charge in [-0.15, -0.1) is 11.8 Å². The molecule has 0 fully saturated rings. The fourth-order valence-electron chi connectivity index (χ4n) is 1.70. The Bertz CT molecular complexity index is 578. The van der Waals surface area contributed by atoms with E-state index in [-0.39, 0.29) is 17.9 Å². The van der Waals surface area contributed by atoms with E-state index in [1.807, 2.05) is 0 Å². The molecule has 1 aliphatic rings. The van der Waals surface area contributed by atoms with Gasteiger partial charge in [0.1, 0.15) is 0 Å². The summed E-state index contributed by atoms with van der Waals surface area (Å²) in [5, 5.41) is 16.1. The standard InChI is InChI=1S/C11H12N4O4S/c12-10(16)8-4-20-9-2-1-6(15(18)19)3-7(9)11(17)14-5-13-8/h1-3,8,13H,4-5H2,(H2,12,16)(H,14,17)/t8-/m0/s1. The third-order valence-corrected chi connectivity index (χ3v) is 3.93. The zero-order chi connectivity index (χ0) is 14.7. The van der Waals surface area contributed by atoms with Crippen molar-refractivity contribution < 1.29 is 14.5 Å². The van der Waals surface area contributed by atoms with E-state index in [1.165, 1.54) is 30.0 Å². The van der Waals surface area contributed by atoms with Crippen molar-refractivity contribution in [2.45, 2.75) is 10.9 Å². The smallest absolute Gasteiger partial charge is 0.270 e. The number of benzene rings is 1. The maximum atomic E-state index is 12.0. The van der Waals surface area contributed by atoms with Gasteiger partial charge in [0.05, 0.1) is 23.2 Å². The Morgan fingerprint density at radius 1 is 1.50 bits per heavy atom. The van der Waals surface area contributed by atoms with Gasteiger partial charge in [-0.1, -0.05) is 0 Å². The molecule has 20 heavy (non-hydrogen) atoms. The molecule has 0 radical (unpaired) electrons. The number of thioether (sulfide) groups is 1. The van der Waals surface area contributed by atoms with E-state index in [0.29, 0.717) is 10.6 Å². The number of primary amides is 1. The lowest BCUT2D eigenvalue weighted by Crippen LogP contribution is -2.47. The van der Waals surface area contributed by atoms with E-state index in [1.54, 1.807) is 0 Å². The van der Waals surface area contributed by atoms with Crippen molar-refractivity contribution in [1.82, 2.24) is 10.6 Å². The molecule has 0 bridgehead atoms. The number of carbonyl (C=O) groups excluding carboxylic acids is 2. The van der Waals surface area contributed by atoms with Crippen LogP contribution in [0.15, 0.2) is 23.1 Å². The van der Waals surface area contributed by atoms with Gasteiger partial charge in [-0.05, 0) is 6.07 Å². The van der Waals surface area contributed by atoms with Gasteiger partial charge in [0, 0.05) is 22.8 Å². The molecule has 106 valence electrons. The molecule has 0 unspecified atom stereocenters. The monoisotopic (exact) mass is 296 g/mol. The van der Waals surface area contributed by atoms with E-state index in [0.717, 1.165) is 0 Å². The van der Waals surface area contributed by atoms with Crippen molar-refractivity contribution in [3.05, 3.63) is 33.9 Å². The number of rotatable bonds is 2. The van der Waals surface area contributed by atoms with Gasteiger partial charge in [0.25, 0.3) is 11.6 Å². The SMILES string of the molecule is NC(=O)[C@@H]1CSc2ccc([N+](=O)[O-])cc2C(=O)NCN1. The highest BCUT2D eigenvalue weighted by molar-refractivity contribution is 7.99. The fraction of sp³-hybridized carbons (Fsp3) is 0.273. The maximum absolute atomic E-state index is 12.0. The molecule has 0 aliphatic carbocycles. The second-order valence-electron chi connectivity index (χ2n) is 4.09. The molecule has 1 heterocycles. The van der Waals surface area contributed by atoms with Gasteiger partial charge in [-0.3, -0.25) is 25.0 Å². The third-order valence-electron chi connectivity index (χ3n) is 2.76. The summed E-state index contributed by atoms with van der Waals surface area (Å²) in [4.78, 5) is 33.9. The lowest BCUT2D eigenvalue weighted by molar-refractivity contribution is -0.384. The minimum atomic E-state index is -0.582. The molecule has 0 saturated heterocycles. The molecule has 1 aromatic carbocycles. The maximum Gasteiger partial charge on any atom is 0.270 e. The molecule has 4 N–H and O–H groups in total. The van der Waals surface area contributed by atoms with E-state index in [9.17, 15) is 19.7 Å². The Morgan fingerprint density at radius 3 is 2.90 bits per heavy atom. The quantitative estimate of drug-likeness (QED) is 0.513. The average Bonchev–Trinajstić information content (AvgIpc) is 2.48. The van der Waals surface area contributed by atoms with Gasteiger partial charge in [0.15, 0.2) is 0 Å². The van der Waals surface area contributed by atoms with Crippen molar-refractivity contribution in [3.63, 3.8) is 0 Å². The van der Waals surface area contributed by atoms with Crippen LogP contribution in [0.25, 0.3) is 0 Å². The van der Waals surface area contributed by atoms with Gasteiger partial charge < -0.3 is 11.1 Å². The normalized spacial score (nSPS) is 19.0. The molecule has 0 spiro atoms. The predicted octanol–water partition coefficient (Wildman–Crippen LogP) is -0.169. The van der Waals surface area contributed by atoms with Crippen LogP contribution in [0.2, 0.25) is 0 Å². The summed E-state index contributed by atoms with van der Waals surface area (Å²) in [5.74, 6) is -0.610. The van der Waals surface area contributed by atoms with Crippen LogP contribution in [-0.4, -0.2) is 35.2 Å². The van der Waals surface area contributed by atoms with E-state index < -0.39 is 22.8 Å². The molecule has 0 saturated carbocycles. The topological polar surface area (TPSA) is 127 Å². The number of non-ortho nitro benzene ring substituents is 1. The predicted molar refractivity (Wildman–Crippen MR) is 72.3 cm³/mol. The Morgan fingerprint density at radius 2 is 2.25 bits per heavy atom. The van der Waals surface area contributed by atoms with Crippen LogP contribution in [0.1, 0.15) is 10.4 Å². The van der Waals surface area contributed by atoms with Crippen LogP contribution < -0.4 is 16.4 Å². The Kier molecular flexibility index (Phi) is 4.20. The number of nitrogens with two attached hydrogens (primary N) is 1. The summed E-state index contributed by atoms with van der Waals surface area (Å²) in [7, 11) is 0. The summed E-state index contributed by atoms with van der Waals surface area (Å²) in [5.41, 5.74) is 5.30. The largest absolute Gasteiger partial charge is 0.368 e. The Hall–Kier alpha value is -2.13. The molecular weight excluding hydrogens is 284 g/mol. The zero-order valence-electron chi connectivity index (χ0n) is 10.3. The first-order chi connectivity index (χ1) is 9.49.